The lowest BCUT2D eigenvalue weighted by atomic mass is 9.96. The van der Waals surface area contributed by atoms with Crippen molar-refractivity contribution < 1.29 is 17.7 Å². The number of likely N-dealkylation sites (tertiary alicyclic amines) is 1. The smallest absolute Gasteiger partial charge is 0.343 e. The molecule has 130 valence electrons. The molecule has 7 nitrogen and oxygen atoms in total. The van der Waals surface area contributed by atoms with Gasteiger partial charge in [-0.3, -0.25) is 14.3 Å². The average molecular weight is 343 g/mol. The maximum Gasteiger partial charge on any atom is 0.433 e. The SMILES string of the molecule is O=c1cc(C(F)(F)F)ncn1CC1CCN(Cc2ncon2)CC1. The first-order valence-electron chi connectivity index (χ1n) is 7.53. The Kier molecular flexibility index (Phi) is 4.65. The molecule has 0 amide bonds. The van der Waals surface area contributed by atoms with Gasteiger partial charge < -0.3 is 4.52 Å². The number of rotatable bonds is 4. The number of hydrogen-bond acceptors (Lipinski definition) is 6. The lowest BCUT2D eigenvalue weighted by Gasteiger charge is -2.31. The fourth-order valence-corrected chi connectivity index (χ4v) is 2.79. The van der Waals surface area contributed by atoms with Crippen molar-refractivity contribution >= 4 is 0 Å². The molecule has 0 aliphatic carbocycles. The first-order valence-corrected chi connectivity index (χ1v) is 7.53. The van der Waals surface area contributed by atoms with Gasteiger partial charge in [0.15, 0.2) is 11.5 Å². The van der Waals surface area contributed by atoms with Gasteiger partial charge in [0.05, 0.1) is 12.9 Å². The van der Waals surface area contributed by atoms with Crippen LogP contribution in [0.1, 0.15) is 24.4 Å². The van der Waals surface area contributed by atoms with Crippen molar-refractivity contribution in [1.82, 2.24) is 24.6 Å². The summed E-state index contributed by atoms with van der Waals surface area (Å²) in [6.07, 6.45) is -0.654. The maximum absolute atomic E-state index is 12.5. The Morgan fingerprint density at radius 3 is 2.58 bits per heavy atom. The third-order valence-corrected chi connectivity index (χ3v) is 4.10. The molecule has 3 rings (SSSR count). The fraction of sp³-hybridized carbons (Fsp3) is 0.571. The summed E-state index contributed by atoms with van der Waals surface area (Å²) in [6, 6.07) is 0.547. The van der Waals surface area contributed by atoms with Crippen molar-refractivity contribution in [3.8, 4) is 0 Å². The highest BCUT2D eigenvalue weighted by atomic mass is 19.4. The van der Waals surface area contributed by atoms with Gasteiger partial charge in [-0.05, 0) is 31.8 Å². The predicted octanol–water partition coefficient (Wildman–Crippen LogP) is 1.56. The van der Waals surface area contributed by atoms with Crippen molar-refractivity contribution in [3.05, 3.63) is 40.7 Å². The normalized spacial score (nSPS) is 17.3. The van der Waals surface area contributed by atoms with Gasteiger partial charge in [0, 0.05) is 12.6 Å². The van der Waals surface area contributed by atoms with Crippen LogP contribution in [0.3, 0.4) is 0 Å². The fourth-order valence-electron chi connectivity index (χ4n) is 2.79. The number of halogens is 3. The van der Waals surface area contributed by atoms with E-state index in [1.807, 2.05) is 0 Å². The van der Waals surface area contributed by atoms with Crippen LogP contribution in [0.15, 0.2) is 28.1 Å². The standard InChI is InChI=1S/C14H16F3N5O2/c15-14(16,17)11-5-13(23)22(8-18-11)6-10-1-3-21(4-2-10)7-12-19-9-24-20-12/h5,8-10H,1-4,6-7H2. The topological polar surface area (TPSA) is 77.0 Å². The van der Waals surface area contributed by atoms with Crippen LogP contribution < -0.4 is 5.56 Å². The van der Waals surface area contributed by atoms with Gasteiger partial charge in [0.25, 0.3) is 5.56 Å². The monoisotopic (exact) mass is 343 g/mol. The second-order valence-electron chi connectivity index (χ2n) is 5.83. The van der Waals surface area contributed by atoms with Crippen LogP contribution in [0.2, 0.25) is 0 Å². The Hall–Kier alpha value is -2.23. The van der Waals surface area contributed by atoms with Gasteiger partial charge in [0.1, 0.15) is 0 Å². The Bertz CT molecular complexity index is 721. The van der Waals surface area contributed by atoms with Crippen molar-refractivity contribution in [3.63, 3.8) is 0 Å². The summed E-state index contributed by atoms with van der Waals surface area (Å²) in [6.45, 7) is 2.59. The van der Waals surface area contributed by atoms with Crippen molar-refractivity contribution in [2.75, 3.05) is 13.1 Å². The first-order chi connectivity index (χ1) is 11.4. The molecular formula is C14H16F3N5O2. The van der Waals surface area contributed by atoms with E-state index in [1.54, 1.807) is 0 Å². The molecule has 0 atom stereocenters. The van der Waals surface area contributed by atoms with Crippen LogP contribution in [-0.4, -0.2) is 37.7 Å². The Morgan fingerprint density at radius 1 is 1.25 bits per heavy atom. The van der Waals surface area contributed by atoms with E-state index in [0.717, 1.165) is 32.3 Å². The van der Waals surface area contributed by atoms with Crippen LogP contribution in [0.5, 0.6) is 0 Å². The maximum atomic E-state index is 12.5. The molecule has 1 aliphatic heterocycles. The van der Waals surface area contributed by atoms with Crippen molar-refractivity contribution in [2.24, 2.45) is 5.92 Å². The molecule has 24 heavy (non-hydrogen) atoms. The van der Waals surface area contributed by atoms with E-state index in [4.69, 9.17) is 4.52 Å². The number of piperidine rings is 1. The van der Waals surface area contributed by atoms with Crippen LogP contribution in [0.4, 0.5) is 13.2 Å². The lowest BCUT2D eigenvalue weighted by molar-refractivity contribution is -0.141. The minimum atomic E-state index is -4.60. The Morgan fingerprint density at radius 2 is 2.00 bits per heavy atom. The van der Waals surface area contributed by atoms with Crippen LogP contribution >= 0.6 is 0 Å². The molecule has 2 aromatic rings. The summed E-state index contributed by atoms with van der Waals surface area (Å²) in [5, 5.41) is 3.76. The number of hydrogen-bond donors (Lipinski definition) is 0. The third-order valence-electron chi connectivity index (χ3n) is 4.10. The zero-order valence-corrected chi connectivity index (χ0v) is 12.7. The molecule has 2 aromatic heterocycles. The second kappa shape index (κ2) is 6.71. The molecule has 1 fully saturated rings. The zero-order chi connectivity index (χ0) is 17.2. The van der Waals surface area contributed by atoms with E-state index < -0.39 is 17.4 Å². The van der Waals surface area contributed by atoms with Gasteiger partial charge in [-0.25, -0.2) is 4.98 Å². The van der Waals surface area contributed by atoms with Gasteiger partial charge in [-0.2, -0.15) is 18.2 Å². The molecule has 0 spiro atoms. The van der Waals surface area contributed by atoms with Gasteiger partial charge >= 0.3 is 6.18 Å². The zero-order valence-electron chi connectivity index (χ0n) is 12.7. The van der Waals surface area contributed by atoms with E-state index in [2.05, 4.69) is 20.0 Å². The first kappa shape index (κ1) is 16.6. The van der Waals surface area contributed by atoms with Crippen LogP contribution in [-0.2, 0) is 19.3 Å². The second-order valence-corrected chi connectivity index (χ2v) is 5.83. The summed E-state index contributed by atoms with van der Waals surface area (Å²) < 4.78 is 43.5. The van der Waals surface area contributed by atoms with E-state index in [1.165, 1.54) is 11.0 Å². The van der Waals surface area contributed by atoms with Crippen LogP contribution in [0.25, 0.3) is 0 Å². The highest BCUT2D eigenvalue weighted by Crippen LogP contribution is 2.26. The quantitative estimate of drug-likeness (QED) is 0.838. The van der Waals surface area contributed by atoms with Gasteiger partial charge in [-0.15, -0.1) is 0 Å². The number of aromatic nitrogens is 4. The van der Waals surface area contributed by atoms with E-state index in [9.17, 15) is 18.0 Å². The molecule has 0 saturated carbocycles. The molecule has 1 saturated heterocycles. The largest absolute Gasteiger partial charge is 0.433 e. The van der Waals surface area contributed by atoms with Crippen molar-refractivity contribution in [1.29, 1.82) is 0 Å². The molecule has 0 radical (unpaired) electrons. The molecule has 0 bridgehead atoms. The predicted molar refractivity (Wildman–Crippen MR) is 75.8 cm³/mol. The molecule has 10 heteroatoms. The van der Waals surface area contributed by atoms with Gasteiger partial charge in [0.2, 0.25) is 6.39 Å². The summed E-state index contributed by atoms with van der Waals surface area (Å²) in [7, 11) is 0. The number of alkyl halides is 3. The van der Waals surface area contributed by atoms with E-state index in [-0.39, 0.29) is 5.92 Å². The van der Waals surface area contributed by atoms with E-state index >= 15 is 0 Å². The average Bonchev–Trinajstić information content (AvgIpc) is 3.03. The minimum absolute atomic E-state index is 0.225. The lowest BCUT2D eigenvalue weighted by Crippen LogP contribution is -2.36. The molecule has 0 N–H and O–H groups in total. The third kappa shape index (κ3) is 3.99. The summed E-state index contributed by atoms with van der Waals surface area (Å²) in [5.41, 5.74) is -1.83. The molecular weight excluding hydrogens is 327 g/mol. The number of nitrogens with zero attached hydrogens (tertiary/aromatic N) is 5. The molecule has 3 heterocycles. The minimum Gasteiger partial charge on any atom is -0.343 e. The summed E-state index contributed by atoms with van der Waals surface area (Å²) in [4.78, 5) is 21.3. The molecule has 0 aromatic carbocycles. The van der Waals surface area contributed by atoms with Crippen LogP contribution in [0, 0.1) is 5.92 Å². The summed E-state index contributed by atoms with van der Waals surface area (Å²) >= 11 is 0. The summed E-state index contributed by atoms with van der Waals surface area (Å²) in [5.74, 6) is 0.847. The highest BCUT2D eigenvalue weighted by Gasteiger charge is 2.33. The van der Waals surface area contributed by atoms with E-state index in [0.29, 0.717) is 25.0 Å². The highest BCUT2D eigenvalue weighted by molar-refractivity contribution is 5.03. The van der Waals surface area contributed by atoms with Gasteiger partial charge in [-0.1, -0.05) is 5.16 Å². The molecule has 1 aliphatic rings. The Balaban J connectivity index is 1.55. The molecule has 0 unspecified atom stereocenters. The van der Waals surface area contributed by atoms with Crippen molar-refractivity contribution in [2.45, 2.75) is 32.1 Å². The Labute approximate surface area is 135 Å².